The minimum Gasteiger partial charge on any atom is -0.493 e. The van der Waals surface area contributed by atoms with Gasteiger partial charge in [0.25, 0.3) is 0 Å². The number of halogens is 1. The number of hydrogen-bond acceptors (Lipinski definition) is 10. The van der Waals surface area contributed by atoms with Crippen LogP contribution >= 0.6 is 11.6 Å². The first-order valence-corrected chi connectivity index (χ1v) is 18.5. The maximum atomic E-state index is 11.8. The minimum absolute atomic E-state index is 0.0298. The second-order valence-corrected chi connectivity index (χ2v) is 15.2. The number of carboxylic acid groups (broad SMARTS) is 1. The summed E-state index contributed by atoms with van der Waals surface area (Å²) in [5.41, 5.74) is 5.42. The molecule has 1 aliphatic heterocycles. The molecule has 3 aromatic carbocycles. The average Bonchev–Trinajstić information content (AvgIpc) is 3.81. The molecule has 4 N–H and O–H groups in total. The fourth-order valence-electron chi connectivity index (χ4n) is 6.77. The van der Waals surface area contributed by atoms with Crippen LogP contribution in [0.25, 0.3) is 11.1 Å². The molecule has 0 radical (unpaired) electrons. The number of benzene rings is 3. The van der Waals surface area contributed by atoms with Gasteiger partial charge in [0.05, 0.1) is 29.9 Å². The van der Waals surface area contributed by atoms with Gasteiger partial charge in [0.2, 0.25) is 0 Å². The number of aliphatic hydroxyl groups excluding tert-OH is 2. The second-order valence-electron chi connectivity index (χ2n) is 14.8. The molecule has 54 heavy (non-hydrogen) atoms. The van der Waals surface area contributed by atoms with Crippen LogP contribution in [0.3, 0.4) is 0 Å². The normalized spacial score (nSPS) is 17.4. The molecule has 2 heterocycles. The summed E-state index contributed by atoms with van der Waals surface area (Å²) < 4.78 is 19.0. The number of aliphatic carboxylic acids is 1. The summed E-state index contributed by atoms with van der Waals surface area (Å²) in [5, 5.41) is 41.9. The van der Waals surface area contributed by atoms with Crippen LogP contribution in [0.15, 0.2) is 67.0 Å². The van der Waals surface area contributed by atoms with Gasteiger partial charge in [0, 0.05) is 61.2 Å². The predicted molar refractivity (Wildman–Crippen MR) is 205 cm³/mol. The lowest BCUT2D eigenvalue weighted by atomic mass is 9.93. The number of hydrogen-bond donors (Lipinski definition) is 4. The number of ether oxygens (including phenoxy) is 3. The first-order valence-electron chi connectivity index (χ1n) is 18.2. The van der Waals surface area contributed by atoms with E-state index in [1.165, 1.54) is 13.1 Å². The van der Waals surface area contributed by atoms with Crippen LogP contribution < -0.4 is 19.5 Å². The van der Waals surface area contributed by atoms with Gasteiger partial charge in [0.1, 0.15) is 42.1 Å². The molecule has 0 amide bonds. The van der Waals surface area contributed by atoms with E-state index in [2.05, 4.69) is 47.3 Å². The zero-order valence-corrected chi connectivity index (χ0v) is 31.7. The molecule has 11 nitrogen and oxygen atoms in total. The number of pyridine rings is 1. The summed E-state index contributed by atoms with van der Waals surface area (Å²) in [4.78, 5) is 18.3. The molecule has 1 saturated carbocycles. The summed E-state index contributed by atoms with van der Waals surface area (Å²) in [6, 6.07) is 19.4. The van der Waals surface area contributed by atoms with Crippen molar-refractivity contribution in [1.29, 1.82) is 5.26 Å². The molecule has 1 saturated heterocycles. The molecule has 284 valence electrons. The summed E-state index contributed by atoms with van der Waals surface area (Å²) in [5.74, 6) is 0.426. The van der Waals surface area contributed by atoms with E-state index in [0.717, 1.165) is 72.5 Å². The first kappa shape index (κ1) is 39.0. The summed E-state index contributed by atoms with van der Waals surface area (Å²) in [6.07, 6.45) is 5.96. The van der Waals surface area contributed by atoms with Crippen molar-refractivity contribution < 1.29 is 34.3 Å². The number of likely N-dealkylation sites (tertiary alicyclic amines) is 1. The van der Waals surface area contributed by atoms with Crippen LogP contribution in [-0.2, 0) is 24.6 Å². The highest BCUT2D eigenvalue weighted by Crippen LogP contribution is 2.47. The van der Waals surface area contributed by atoms with Crippen molar-refractivity contribution in [3.63, 3.8) is 0 Å². The number of nitrogens with zero attached hydrogens (tertiary/aromatic N) is 3. The lowest BCUT2D eigenvalue weighted by Gasteiger charge is -2.25. The lowest BCUT2D eigenvalue weighted by molar-refractivity contribution is -0.145. The second kappa shape index (κ2) is 16.8. The van der Waals surface area contributed by atoms with E-state index >= 15 is 0 Å². The molecular formula is C42H47ClN4O7. The maximum absolute atomic E-state index is 11.8. The minimum atomic E-state index is -1.59. The van der Waals surface area contributed by atoms with Crippen LogP contribution in [0.2, 0.25) is 5.02 Å². The Bertz CT molecular complexity index is 2030. The molecule has 1 aromatic heterocycles. The molecular weight excluding hydrogens is 708 g/mol. The largest absolute Gasteiger partial charge is 0.493 e. The monoisotopic (exact) mass is 754 g/mol. The van der Waals surface area contributed by atoms with Crippen LogP contribution in [0.4, 0.5) is 0 Å². The Morgan fingerprint density at radius 2 is 1.76 bits per heavy atom. The van der Waals surface area contributed by atoms with Crippen molar-refractivity contribution >= 4 is 17.6 Å². The number of rotatable bonds is 17. The van der Waals surface area contributed by atoms with Crippen molar-refractivity contribution in [2.45, 2.75) is 71.4 Å². The van der Waals surface area contributed by atoms with Gasteiger partial charge >= 0.3 is 5.97 Å². The summed E-state index contributed by atoms with van der Waals surface area (Å²) in [6.45, 7) is 8.56. The van der Waals surface area contributed by atoms with E-state index in [1.54, 1.807) is 24.4 Å². The maximum Gasteiger partial charge on any atom is 0.326 e. The number of nitrogens with one attached hydrogen (secondary N) is 1. The Morgan fingerprint density at radius 1 is 1.02 bits per heavy atom. The Hall–Kier alpha value is -4.70. The van der Waals surface area contributed by atoms with Gasteiger partial charge < -0.3 is 29.5 Å². The van der Waals surface area contributed by atoms with E-state index in [4.69, 9.17) is 25.8 Å². The first-order chi connectivity index (χ1) is 25.9. The Labute approximate surface area is 321 Å². The highest BCUT2D eigenvalue weighted by Gasteiger charge is 2.45. The molecule has 2 fully saturated rings. The van der Waals surface area contributed by atoms with E-state index in [-0.39, 0.29) is 31.3 Å². The van der Waals surface area contributed by atoms with Crippen molar-refractivity contribution in [1.82, 2.24) is 15.2 Å². The molecule has 2 atom stereocenters. The van der Waals surface area contributed by atoms with Gasteiger partial charge in [-0.25, -0.2) is 0 Å². The molecule has 12 heteroatoms. The zero-order chi connectivity index (χ0) is 38.5. The third kappa shape index (κ3) is 9.14. The average molecular weight is 755 g/mol. The van der Waals surface area contributed by atoms with Gasteiger partial charge in [-0.2, -0.15) is 5.26 Å². The summed E-state index contributed by atoms with van der Waals surface area (Å²) >= 11 is 6.75. The number of aliphatic hydroxyl groups is 2. The van der Waals surface area contributed by atoms with E-state index in [1.807, 2.05) is 24.3 Å². The third-order valence-electron chi connectivity index (χ3n) is 10.6. The number of carboxylic acids is 1. The molecule has 1 aliphatic carbocycles. The van der Waals surface area contributed by atoms with Crippen molar-refractivity contribution in [3.05, 3.63) is 105 Å². The summed E-state index contributed by atoms with van der Waals surface area (Å²) in [7, 11) is 0. The topological polar surface area (TPSA) is 157 Å². The molecule has 2 aliphatic rings. The molecule has 0 bridgehead atoms. The molecule has 6 rings (SSSR count). The number of β-amino-alcohol motifs (C(OH)–C–C–N with tert-alkyl or cyclic N) is 1. The Morgan fingerprint density at radius 3 is 2.44 bits per heavy atom. The van der Waals surface area contributed by atoms with Crippen molar-refractivity contribution in [3.8, 4) is 34.4 Å². The Kier molecular flexibility index (Phi) is 12.1. The molecule has 0 spiro atoms. The predicted octanol–water partition coefficient (Wildman–Crippen LogP) is 6.20. The van der Waals surface area contributed by atoms with E-state index in [0.29, 0.717) is 39.8 Å². The highest BCUT2D eigenvalue weighted by atomic mass is 35.5. The van der Waals surface area contributed by atoms with Crippen LogP contribution in [0.1, 0.15) is 59.6 Å². The number of carbonyl (C=O) groups is 1. The van der Waals surface area contributed by atoms with Crippen LogP contribution in [0, 0.1) is 30.6 Å². The van der Waals surface area contributed by atoms with Crippen molar-refractivity contribution in [2.75, 3.05) is 32.8 Å². The number of nitriles is 1. The molecule has 4 aromatic rings. The lowest BCUT2D eigenvalue weighted by Crippen LogP contribution is -2.52. The van der Waals surface area contributed by atoms with Gasteiger partial charge in [-0.15, -0.1) is 0 Å². The van der Waals surface area contributed by atoms with E-state index in [9.17, 15) is 25.4 Å². The van der Waals surface area contributed by atoms with Crippen LogP contribution in [0.5, 0.6) is 17.2 Å². The quantitative estimate of drug-likeness (QED) is 0.0974. The smallest absolute Gasteiger partial charge is 0.326 e. The molecule has 2 unspecified atom stereocenters. The third-order valence-corrected chi connectivity index (χ3v) is 10.9. The van der Waals surface area contributed by atoms with Crippen molar-refractivity contribution in [2.24, 2.45) is 5.41 Å². The van der Waals surface area contributed by atoms with Gasteiger partial charge in [-0.05, 0) is 86.1 Å². The fraction of sp³-hybridized carbons (Fsp3) is 0.405. The van der Waals surface area contributed by atoms with Gasteiger partial charge in [-0.1, -0.05) is 41.9 Å². The van der Waals surface area contributed by atoms with Crippen LogP contribution in [-0.4, -0.2) is 75.7 Å². The highest BCUT2D eigenvalue weighted by molar-refractivity contribution is 6.32. The standard InChI is InChI=1S/C42H47ClN4O7/c1-27-31(6-4-7-34(27)35-8-5-9-37(28(35)2)54-26-42(11-12-42)24-47-13-10-33(49)21-47)23-53-39-16-38(52-22-30-14-29(17-44)18-45-19-30)32(15-36(39)43)20-46-41(3,25-48)40(50)51/h4-9,14-16,18-19,33,46,48-49H,10-13,20-26H2,1-3H3,(H,50,51). The fourth-order valence-corrected chi connectivity index (χ4v) is 7.01. The van der Waals surface area contributed by atoms with E-state index < -0.39 is 18.1 Å². The van der Waals surface area contributed by atoms with Gasteiger partial charge in [-0.3, -0.25) is 20.0 Å². The SMILES string of the molecule is Cc1c(COc2cc(OCc3cncc(C#N)c3)c(CNC(C)(CO)C(=O)O)cc2Cl)cccc1-c1cccc(OCC2(CN3CCC(O)C3)CC2)c1C. The van der Waals surface area contributed by atoms with Gasteiger partial charge in [0.15, 0.2) is 0 Å². The Balaban J connectivity index is 1.18. The number of aromatic nitrogens is 1. The zero-order valence-electron chi connectivity index (χ0n) is 30.9.